The van der Waals surface area contributed by atoms with Crippen LogP contribution in [0.25, 0.3) is 10.9 Å². The zero-order valence-electron chi connectivity index (χ0n) is 10.2. The Morgan fingerprint density at radius 3 is 2.42 bits per heavy atom. The van der Waals surface area contributed by atoms with Gasteiger partial charge in [0.2, 0.25) is 11.9 Å². The maximum absolute atomic E-state index is 12.0. The molecule has 3 nitrogen and oxygen atoms in total. The van der Waals surface area contributed by atoms with E-state index in [0.29, 0.717) is 11.4 Å². The lowest BCUT2D eigenvalue weighted by atomic mass is 10.2. The van der Waals surface area contributed by atoms with E-state index in [1.54, 1.807) is 12.1 Å². The van der Waals surface area contributed by atoms with Crippen molar-refractivity contribution >= 4 is 22.8 Å². The summed E-state index contributed by atoms with van der Waals surface area (Å²) >= 11 is 0. The summed E-state index contributed by atoms with van der Waals surface area (Å²) in [6.07, 6.45) is 1.49. The van der Waals surface area contributed by atoms with Crippen molar-refractivity contribution in [3.63, 3.8) is 0 Å². The van der Waals surface area contributed by atoms with Gasteiger partial charge < -0.3 is 5.21 Å². The Kier molecular flexibility index (Phi) is 2.94. The Labute approximate surface area is 111 Å². The molecule has 0 unspecified atom stereocenters. The second-order valence-corrected chi connectivity index (χ2v) is 4.22. The van der Waals surface area contributed by atoms with E-state index in [1.165, 1.54) is 6.21 Å². The van der Waals surface area contributed by atoms with Gasteiger partial charge in [-0.25, -0.2) is 4.98 Å². The SMILES string of the molecule is [O-][N+](=Cc1ccc2ccccc2n1)c1ccccc1. The lowest BCUT2D eigenvalue weighted by Gasteiger charge is -2.02. The van der Waals surface area contributed by atoms with Gasteiger partial charge in [0.05, 0.1) is 5.52 Å². The van der Waals surface area contributed by atoms with Crippen LogP contribution in [-0.4, -0.2) is 15.9 Å². The minimum absolute atomic E-state index is 0.595. The van der Waals surface area contributed by atoms with Crippen LogP contribution in [0.5, 0.6) is 0 Å². The molecule has 0 spiro atoms. The second kappa shape index (κ2) is 4.90. The summed E-state index contributed by atoms with van der Waals surface area (Å²) in [5, 5.41) is 13.0. The normalized spacial score (nSPS) is 11.7. The van der Waals surface area contributed by atoms with E-state index in [0.717, 1.165) is 15.6 Å². The van der Waals surface area contributed by atoms with Gasteiger partial charge in [-0.1, -0.05) is 42.5 Å². The highest BCUT2D eigenvalue weighted by Crippen LogP contribution is 2.12. The quantitative estimate of drug-likeness (QED) is 0.301. The van der Waals surface area contributed by atoms with Crippen molar-refractivity contribution in [2.45, 2.75) is 0 Å². The summed E-state index contributed by atoms with van der Waals surface area (Å²) in [6, 6.07) is 20.7. The van der Waals surface area contributed by atoms with Crippen LogP contribution in [-0.2, 0) is 0 Å². The minimum Gasteiger partial charge on any atom is -0.618 e. The van der Waals surface area contributed by atoms with Crippen molar-refractivity contribution in [2.75, 3.05) is 0 Å². The molecule has 0 fully saturated rings. The molecule has 0 saturated carbocycles. The van der Waals surface area contributed by atoms with Crippen LogP contribution in [0.15, 0.2) is 66.7 Å². The number of fused-ring (bicyclic) bond motifs is 1. The molecule has 1 aromatic heterocycles. The number of pyridine rings is 1. The van der Waals surface area contributed by atoms with Crippen molar-refractivity contribution < 1.29 is 4.74 Å². The molecule has 0 radical (unpaired) electrons. The molecule has 0 aliphatic carbocycles. The molecular formula is C16H12N2O. The molecule has 3 rings (SSSR count). The Morgan fingerprint density at radius 1 is 0.842 bits per heavy atom. The molecule has 0 aliphatic rings. The number of nitrogens with zero attached hydrogens (tertiary/aromatic N) is 2. The fourth-order valence-corrected chi connectivity index (χ4v) is 1.92. The van der Waals surface area contributed by atoms with E-state index in [9.17, 15) is 5.21 Å². The smallest absolute Gasteiger partial charge is 0.216 e. The fourth-order valence-electron chi connectivity index (χ4n) is 1.92. The summed E-state index contributed by atoms with van der Waals surface area (Å²) in [6.45, 7) is 0. The van der Waals surface area contributed by atoms with Gasteiger partial charge >= 0.3 is 0 Å². The second-order valence-electron chi connectivity index (χ2n) is 4.22. The molecule has 0 amide bonds. The highest BCUT2D eigenvalue weighted by Gasteiger charge is 2.02. The van der Waals surface area contributed by atoms with Gasteiger partial charge in [-0.3, -0.25) is 0 Å². The van der Waals surface area contributed by atoms with Gasteiger partial charge in [0.1, 0.15) is 5.69 Å². The first kappa shape index (κ1) is 11.4. The standard InChI is InChI=1S/C16H12N2O/c19-18(15-7-2-1-3-8-15)12-14-11-10-13-6-4-5-9-16(13)17-14/h1-12H. The lowest BCUT2D eigenvalue weighted by Crippen LogP contribution is -2.00. The summed E-state index contributed by atoms with van der Waals surface area (Å²) in [4.78, 5) is 4.44. The van der Waals surface area contributed by atoms with Crippen LogP contribution in [0.1, 0.15) is 5.69 Å². The van der Waals surface area contributed by atoms with Crippen LogP contribution in [0, 0.1) is 5.21 Å². The van der Waals surface area contributed by atoms with Gasteiger partial charge in [-0.05, 0) is 12.1 Å². The van der Waals surface area contributed by atoms with Gasteiger partial charge in [-0.2, -0.15) is 4.74 Å². The first-order valence-electron chi connectivity index (χ1n) is 6.05. The van der Waals surface area contributed by atoms with Crippen LogP contribution in [0.2, 0.25) is 0 Å². The number of hydrogen-bond donors (Lipinski definition) is 0. The molecule has 3 aromatic rings. The molecule has 1 heterocycles. The highest BCUT2D eigenvalue weighted by molar-refractivity contribution is 5.83. The van der Waals surface area contributed by atoms with Crippen molar-refractivity contribution in [1.82, 2.24) is 4.98 Å². The van der Waals surface area contributed by atoms with Crippen LogP contribution >= 0.6 is 0 Å². The van der Waals surface area contributed by atoms with E-state index in [-0.39, 0.29) is 0 Å². The van der Waals surface area contributed by atoms with Gasteiger partial charge in [0.25, 0.3) is 0 Å². The summed E-state index contributed by atoms with van der Waals surface area (Å²) in [5.74, 6) is 0. The molecule has 0 aliphatic heterocycles. The molecule has 0 saturated heterocycles. The number of aromatic nitrogens is 1. The van der Waals surface area contributed by atoms with Crippen LogP contribution < -0.4 is 0 Å². The van der Waals surface area contributed by atoms with E-state index >= 15 is 0 Å². The van der Waals surface area contributed by atoms with Gasteiger partial charge in [0, 0.05) is 17.5 Å². The van der Waals surface area contributed by atoms with Gasteiger partial charge in [0.15, 0.2) is 0 Å². The van der Waals surface area contributed by atoms with Gasteiger partial charge in [-0.15, -0.1) is 0 Å². The van der Waals surface area contributed by atoms with E-state index in [2.05, 4.69) is 4.98 Å². The third kappa shape index (κ3) is 2.45. The van der Waals surface area contributed by atoms with Crippen molar-refractivity contribution in [2.24, 2.45) is 0 Å². The molecule has 2 aromatic carbocycles. The molecule has 0 N–H and O–H groups in total. The molecule has 92 valence electrons. The zero-order chi connectivity index (χ0) is 13.1. The first-order valence-corrected chi connectivity index (χ1v) is 6.05. The van der Waals surface area contributed by atoms with Crippen molar-refractivity contribution in [3.8, 4) is 0 Å². The monoisotopic (exact) mass is 248 g/mol. The topological polar surface area (TPSA) is 39.0 Å². The van der Waals surface area contributed by atoms with Crippen LogP contribution in [0.4, 0.5) is 5.69 Å². The molecule has 0 bridgehead atoms. The fraction of sp³-hybridized carbons (Fsp3) is 0. The van der Waals surface area contributed by atoms with Crippen molar-refractivity contribution in [3.05, 3.63) is 77.6 Å². The molecule has 3 heteroatoms. The third-order valence-electron chi connectivity index (χ3n) is 2.88. The zero-order valence-corrected chi connectivity index (χ0v) is 10.2. The molecular weight excluding hydrogens is 236 g/mol. The number of para-hydroxylation sites is 2. The number of hydrogen-bond acceptors (Lipinski definition) is 2. The maximum atomic E-state index is 12.0. The van der Waals surface area contributed by atoms with E-state index < -0.39 is 0 Å². The number of rotatable bonds is 2. The van der Waals surface area contributed by atoms with Crippen LogP contribution in [0.3, 0.4) is 0 Å². The molecule has 0 atom stereocenters. The summed E-state index contributed by atoms with van der Waals surface area (Å²) < 4.78 is 0.830. The summed E-state index contributed by atoms with van der Waals surface area (Å²) in [5.41, 5.74) is 2.13. The third-order valence-corrected chi connectivity index (χ3v) is 2.88. The highest BCUT2D eigenvalue weighted by atomic mass is 16.5. The molecule has 19 heavy (non-hydrogen) atoms. The Hall–Kier alpha value is -2.68. The largest absolute Gasteiger partial charge is 0.618 e. The Balaban J connectivity index is 2.01. The summed E-state index contributed by atoms with van der Waals surface area (Å²) in [7, 11) is 0. The predicted octanol–water partition coefficient (Wildman–Crippen LogP) is 3.50. The predicted molar refractivity (Wildman–Crippen MR) is 76.6 cm³/mol. The van der Waals surface area contributed by atoms with Crippen molar-refractivity contribution in [1.29, 1.82) is 0 Å². The minimum atomic E-state index is 0.595. The lowest BCUT2D eigenvalue weighted by molar-refractivity contribution is -0.354. The average molecular weight is 248 g/mol. The maximum Gasteiger partial charge on any atom is 0.216 e. The Morgan fingerprint density at radius 2 is 1.58 bits per heavy atom. The average Bonchev–Trinajstić information content (AvgIpc) is 2.48. The first-order chi connectivity index (χ1) is 9.33. The number of benzene rings is 2. The Bertz CT molecular complexity index is 736. The van der Waals surface area contributed by atoms with E-state index in [4.69, 9.17) is 0 Å². The van der Waals surface area contributed by atoms with E-state index in [1.807, 2.05) is 54.6 Å².